The van der Waals surface area contributed by atoms with E-state index in [1.54, 1.807) is 0 Å². The average Bonchev–Trinajstić information content (AvgIpc) is 1.61. The van der Waals surface area contributed by atoms with Crippen LogP contribution in [0.4, 0.5) is 0 Å². The van der Waals surface area contributed by atoms with E-state index in [0.29, 0.717) is 0 Å². The summed E-state index contributed by atoms with van der Waals surface area (Å²) in [5.74, 6) is 0.863. The van der Waals surface area contributed by atoms with Crippen molar-refractivity contribution < 1.29 is 5.73 Å². The fourth-order valence-electron chi connectivity index (χ4n) is 0.553. The highest BCUT2D eigenvalue weighted by atomic mass is 14.5. The summed E-state index contributed by atoms with van der Waals surface area (Å²) >= 11 is 0. The first-order chi connectivity index (χ1) is 3.27. The summed E-state index contributed by atoms with van der Waals surface area (Å²) < 4.78 is 0. The van der Waals surface area contributed by atoms with Gasteiger partial charge in [0.2, 0.25) is 0 Å². The predicted molar refractivity (Wildman–Crippen MR) is 31.8 cm³/mol. The summed E-state index contributed by atoms with van der Waals surface area (Å²) in [7, 11) is 0. The minimum atomic E-state index is 0.863. The third kappa shape index (κ3) is 5.96. The van der Waals surface area contributed by atoms with Crippen molar-refractivity contribution in [1.82, 2.24) is 0 Å². The molecule has 0 amide bonds. The molecule has 0 aliphatic heterocycles. The van der Waals surface area contributed by atoms with Crippen LogP contribution in [0, 0.1) is 5.92 Å². The van der Waals surface area contributed by atoms with Gasteiger partial charge < -0.3 is 5.73 Å². The topological polar surface area (TPSA) is 27.6 Å². The van der Waals surface area contributed by atoms with E-state index in [1.807, 2.05) is 0 Å². The van der Waals surface area contributed by atoms with E-state index >= 15 is 0 Å². The Kier molecular flexibility index (Phi) is 4.10. The van der Waals surface area contributed by atoms with Gasteiger partial charge in [0.15, 0.2) is 0 Å². The number of rotatable bonds is 3. The lowest BCUT2D eigenvalue weighted by Gasteiger charge is -1.97. The molecule has 0 spiro atoms. The molecule has 0 aromatic rings. The van der Waals surface area contributed by atoms with E-state index in [0.717, 1.165) is 12.5 Å². The quantitative estimate of drug-likeness (QED) is 0.542. The largest absolute Gasteiger partial charge is 0.358 e. The second-order valence-electron chi connectivity index (χ2n) is 2.39. The molecule has 0 aromatic carbocycles. The van der Waals surface area contributed by atoms with Gasteiger partial charge in [0.05, 0.1) is 6.54 Å². The van der Waals surface area contributed by atoms with E-state index < -0.39 is 0 Å². The van der Waals surface area contributed by atoms with Crippen LogP contribution in [0.5, 0.6) is 0 Å². The minimum absolute atomic E-state index is 0.863. The Hall–Kier alpha value is -0.0400. The average molecular weight is 102 g/mol. The van der Waals surface area contributed by atoms with Crippen molar-refractivity contribution in [3.63, 3.8) is 0 Å². The van der Waals surface area contributed by atoms with Crippen molar-refractivity contribution in [3.05, 3.63) is 0 Å². The maximum absolute atomic E-state index is 3.76. The Morgan fingerprint density at radius 1 is 1.43 bits per heavy atom. The van der Waals surface area contributed by atoms with E-state index in [2.05, 4.69) is 19.6 Å². The summed E-state index contributed by atoms with van der Waals surface area (Å²) in [6.45, 7) is 5.59. The SMILES string of the molecule is CC(C)CCC[NH3+]. The normalized spacial score (nSPS) is 10.3. The molecular formula is C6H16N+. The number of quaternary nitrogens is 1. The van der Waals surface area contributed by atoms with Crippen LogP contribution in [-0.2, 0) is 0 Å². The number of hydrogen-bond donors (Lipinski definition) is 1. The van der Waals surface area contributed by atoms with E-state index in [1.165, 1.54) is 12.8 Å². The monoisotopic (exact) mass is 102 g/mol. The van der Waals surface area contributed by atoms with Gasteiger partial charge in [-0.1, -0.05) is 13.8 Å². The zero-order valence-corrected chi connectivity index (χ0v) is 5.41. The fraction of sp³-hybridized carbons (Fsp3) is 1.00. The van der Waals surface area contributed by atoms with Gasteiger partial charge in [0.25, 0.3) is 0 Å². The molecule has 1 heteroatoms. The standard InChI is InChI=1S/C6H15N/c1-6(2)4-3-5-7/h6H,3-5,7H2,1-2H3/p+1. The molecule has 0 atom stereocenters. The molecule has 0 aromatic heterocycles. The second-order valence-corrected chi connectivity index (χ2v) is 2.39. The van der Waals surface area contributed by atoms with Crippen LogP contribution in [0.3, 0.4) is 0 Å². The van der Waals surface area contributed by atoms with Gasteiger partial charge in [-0.3, -0.25) is 0 Å². The predicted octanol–water partition coefficient (Wildman–Crippen LogP) is 0.665. The molecule has 0 saturated carbocycles. The van der Waals surface area contributed by atoms with Gasteiger partial charge in [-0.15, -0.1) is 0 Å². The van der Waals surface area contributed by atoms with Gasteiger partial charge in [0.1, 0.15) is 0 Å². The van der Waals surface area contributed by atoms with Gasteiger partial charge >= 0.3 is 0 Å². The smallest absolute Gasteiger partial charge is 0.0739 e. The molecule has 0 saturated heterocycles. The van der Waals surface area contributed by atoms with Crippen molar-refractivity contribution >= 4 is 0 Å². The molecule has 1 nitrogen and oxygen atoms in total. The van der Waals surface area contributed by atoms with Crippen LogP contribution in [-0.4, -0.2) is 6.54 Å². The van der Waals surface area contributed by atoms with Crippen LogP contribution >= 0.6 is 0 Å². The Morgan fingerprint density at radius 2 is 2.00 bits per heavy atom. The van der Waals surface area contributed by atoms with Crippen LogP contribution in [0.25, 0.3) is 0 Å². The first kappa shape index (κ1) is 6.96. The zero-order chi connectivity index (χ0) is 5.70. The van der Waals surface area contributed by atoms with E-state index in [4.69, 9.17) is 0 Å². The molecule has 3 N–H and O–H groups in total. The summed E-state index contributed by atoms with van der Waals surface area (Å²) in [5.41, 5.74) is 3.76. The first-order valence-electron chi connectivity index (χ1n) is 3.06. The third-order valence-electron chi connectivity index (χ3n) is 1.03. The zero-order valence-electron chi connectivity index (χ0n) is 5.41. The summed E-state index contributed by atoms with van der Waals surface area (Å²) in [6, 6.07) is 0. The molecule has 0 bridgehead atoms. The Morgan fingerprint density at radius 3 is 2.14 bits per heavy atom. The van der Waals surface area contributed by atoms with Crippen LogP contribution in [0.2, 0.25) is 0 Å². The molecule has 0 aliphatic carbocycles. The maximum Gasteiger partial charge on any atom is 0.0739 e. The van der Waals surface area contributed by atoms with Crippen molar-refractivity contribution in [3.8, 4) is 0 Å². The molecule has 7 heavy (non-hydrogen) atoms. The van der Waals surface area contributed by atoms with Gasteiger partial charge in [-0.05, 0) is 18.8 Å². The Bertz CT molecular complexity index is 33.2. The fourth-order valence-corrected chi connectivity index (χ4v) is 0.553. The lowest BCUT2D eigenvalue weighted by molar-refractivity contribution is -0.368. The highest BCUT2D eigenvalue weighted by molar-refractivity contribution is 4.41. The molecule has 0 radical (unpaired) electrons. The molecule has 44 valence electrons. The van der Waals surface area contributed by atoms with Crippen molar-refractivity contribution in [1.29, 1.82) is 0 Å². The highest BCUT2D eigenvalue weighted by Gasteiger charge is 1.90. The van der Waals surface area contributed by atoms with Crippen LogP contribution in [0.15, 0.2) is 0 Å². The van der Waals surface area contributed by atoms with Crippen molar-refractivity contribution in [2.75, 3.05) is 6.54 Å². The molecule has 0 rings (SSSR count). The first-order valence-corrected chi connectivity index (χ1v) is 3.06. The minimum Gasteiger partial charge on any atom is -0.358 e. The molecular weight excluding hydrogens is 86.1 g/mol. The summed E-state index contributed by atoms with van der Waals surface area (Å²) in [6.07, 6.45) is 2.63. The van der Waals surface area contributed by atoms with Gasteiger partial charge in [-0.25, -0.2) is 0 Å². The Balaban J connectivity index is 2.68. The lowest BCUT2D eigenvalue weighted by atomic mass is 10.1. The molecule has 0 heterocycles. The van der Waals surface area contributed by atoms with Crippen LogP contribution in [0.1, 0.15) is 26.7 Å². The molecule has 0 fully saturated rings. The maximum atomic E-state index is 3.76. The van der Waals surface area contributed by atoms with Crippen LogP contribution < -0.4 is 5.73 Å². The Labute approximate surface area is 45.9 Å². The second kappa shape index (κ2) is 4.13. The summed E-state index contributed by atoms with van der Waals surface area (Å²) in [4.78, 5) is 0. The van der Waals surface area contributed by atoms with Gasteiger partial charge in [0, 0.05) is 0 Å². The van der Waals surface area contributed by atoms with E-state index in [-0.39, 0.29) is 0 Å². The third-order valence-corrected chi connectivity index (χ3v) is 1.03. The lowest BCUT2D eigenvalue weighted by Crippen LogP contribution is -2.50. The van der Waals surface area contributed by atoms with Crippen molar-refractivity contribution in [2.24, 2.45) is 5.92 Å². The summed E-state index contributed by atoms with van der Waals surface area (Å²) in [5, 5.41) is 0. The molecule has 0 unspecified atom stereocenters. The number of hydrogen-bond acceptors (Lipinski definition) is 0. The van der Waals surface area contributed by atoms with E-state index in [9.17, 15) is 0 Å². The van der Waals surface area contributed by atoms with Crippen molar-refractivity contribution in [2.45, 2.75) is 26.7 Å². The van der Waals surface area contributed by atoms with Gasteiger partial charge in [-0.2, -0.15) is 0 Å². The highest BCUT2D eigenvalue weighted by Crippen LogP contribution is 2.00. The molecule has 0 aliphatic rings.